The van der Waals surface area contributed by atoms with Gasteiger partial charge in [-0.15, -0.1) is 0 Å². The van der Waals surface area contributed by atoms with Crippen molar-refractivity contribution < 1.29 is 14.3 Å². The van der Waals surface area contributed by atoms with Crippen LogP contribution in [-0.2, 0) is 14.3 Å². The van der Waals surface area contributed by atoms with E-state index in [0.29, 0.717) is 36.0 Å². The van der Waals surface area contributed by atoms with Gasteiger partial charge in [-0.3, -0.25) is 9.59 Å². The Labute approximate surface area is 169 Å². The number of carbonyl (C=O) groups excluding carboxylic acids is 2. The van der Waals surface area contributed by atoms with Crippen molar-refractivity contribution in [3.63, 3.8) is 0 Å². The van der Waals surface area contributed by atoms with E-state index in [-0.39, 0.29) is 28.8 Å². The minimum atomic E-state index is -0.233. The molecule has 0 heterocycles. The fourth-order valence-electron chi connectivity index (χ4n) is 7.46. The first-order valence-corrected chi connectivity index (χ1v) is 11.3. The van der Waals surface area contributed by atoms with Crippen molar-refractivity contribution in [2.75, 3.05) is 6.54 Å². The van der Waals surface area contributed by atoms with Crippen LogP contribution < -0.4 is 5.73 Å². The summed E-state index contributed by atoms with van der Waals surface area (Å²) in [6.07, 6.45) is 8.04. The van der Waals surface area contributed by atoms with Gasteiger partial charge in [-0.25, -0.2) is 0 Å². The highest BCUT2D eigenvalue weighted by atomic mass is 16.5. The summed E-state index contributed by atoms with van der Waals surface area (Å²) >= 11 is 0. The molecule has 28 heavy (non-hydrogen) atoms. The molecule has 2 N–H and O–H groups in total. The fraction of sp³-hybridized carbons (Fsp3) is 0.833. The molecule has 156 valence electrons. The van der Waals surface area contributed by atoms with Crippen LogP contribution in [-0.4, -0.2) is 24.4 Å². The number of ether oxygens (including phenoxy) is 1. The number of Topliss-reactive ketones (excluding diaryl/α,β-unsaturated/α-hetero) is 1. The summed E-state index contributed by atoms with van der Waals surface area (Å²) in [5.41, 5.74) is 7.10. The van der Waals surface area contributed by atoms with Crippen molar-refractivity contribution in [2.45, 2.75) is 78.2 Å². The van der Waals surface area contributed by atoms with Gasteiger partial charge in [-0.1, -0.05) is 32.9 Å². The molecule has 4 fully saturated rings. The molecule has 8 atom stereocenters. The van der Waals surface area contributed by atoms with Crippen LogP contribution in [0.2, 0.25) is 0 Å². The molecular formula is C24H37NO3. The van der Waals surface area contributed by atoms with Gasteiger partial charge < -0.3 is 10.5 Å². The zero-order valence-electron chi connectivity index (χ0n) is 17.8. The predicted molar refractivity (Wildman–Crippen MR) is 109 cm³/mol. The number of ketones is 1. The molecule has 4 aliphatic carbocycles. The quantitative estimate of drug-likeness (QED) is 0.580. The molecule has 0 spiro atoms. The lowest BCUT2D eigenvalue weighted by Gasteiger charge is -2.60. The maximum absolute atomic E-state index is 12.6. The van der Waals surface area contributed by atoms with E-state index in [4.69, 9.17) is 10.5 Å². The summed E-state index contributed by atoms with van der Waals surface area (Å²) in [4.78, 5) is 24.8. The highest BCUT2D eigenvalue weighted by Crippen LogP contribution is 2.66. The van der Waals surface area contributed by atoms with E-state index in [1.807, 2.05) is 6.92 Å². The van der Waals surface area contributed by atoms with Gasteiger partial charge in [0.15, 0.2) is 0 Å². The standard InChI is InChI=1S/C24H37NO3/c1-14-11-17-18-5-6-21(26)24(18,4)10-8-19(17)23(3)9-7-16(12-20(14)23)28-22(27)15(2)13-25/h15-20H,1,5-13,25H2,2-4H3/t15?,16?,17-,18-,19-,20+,23+,24-/m0/s1. The predicted octanol–water partition coefficient (Wildman–Crippen LogP) is 4.27. The third-order valence-corrected chi connectivity index (χ3v) is 9.32. The molecule has 4 rings (SSSR count). The van der Waals surface area contributed by atoms with Crippen molar-refractivity contribution in [3.8, 4) is 0 Å². The van der Waals surface area contributed by atoms with Gasteiger partial charge in [0.2, 0.25) is 0 Å². The molecule has 0 aromatic rings. The summed E-state index contributed by atoms with van der Waals surface area (Å²) in [5.74, 6) is 2.35. The average Bonchev–Trinajstić information content (AvgIpc) is 2.97. The van der Waals surface area contributed by atoms with Gasteiger partial charge >= 0.3 is 5.97 Å². The Morgan fingerprint density at radius 1 is 1.25 bits per heavy atom. The van der Waals surface area contributed by atoms with Gasteiger partial charge in [0.1, 0.15) is 11.9 Å². The maximum Gasteiger partial charge on any atom is 0.310 e. The van der Waals surface area contributed by atoms with E-state index in [1.165, 1.54) is 12.0 Å². The van der Waals surface area contributed by atoms with E-state index >= 15 is 0 Å². The van der Waals surface area contributed by atoms with Crippen LogP contribution in [0.4, 0.5) is 0 Å². The monoisotopic (exact) mass is 387 g/mol. The van der Waals surface area contributed by atoms with E-state index in [9.17, 15) is 9.59 Å². The molecular weight excluding hydrogens is 350 g/mol. The maximum atomic E-state index is 12.6. The average molecular weight is 388 g/mol. The van der Waals surface area contributed by atoms with Crippen molar-refractivity contribution in [1.29, 1.82) is 0 Å². The van der Waals surface area contributed by atoms with Crippen molar-refractivity contribution in [3.05, 3.63) is 12.2 Å². The highest BCUT2D eigenvalue weighted by Gasteiger charge is 2.61. The molecule has 4 heteroatoms. The van der Waals surface area contributed by atoms with E-state index in [0.717, 1.165) is 44.9 Å². The third kappa shape index (κ3) is 2.89. The summed E-state index contributed by atoms with van der Waals surface area (Å²) in [6, 6.07) is 0. The Hall–Kier alpha value is -1.16. The summed E-state index contributed by atoms with van der Waals surface area (Å²) < 4.78 is 5.82. The number of fused-ring (bicyclic) bond motifs is 5. The van der Waals surface area contributed by atoms with Crippen LogP contribution in [0.1, 0.15) is 72.1 Å². The van der Waals surface area contributed by atoms with Crippen molar-refractivity contribution >= 4 is 11.8 Å². The van der Waals surface area contributed by atoms with Crippen LogP contribution in [0.25, 0.3) is 0 Å². The first kappa shape index (κ1) is 20.1. The van der Waals surface area contributed by atoms with Crippen LogP contribution in [0.5, 0.6) is 0 Å². The normalized spacial score (nSPS) is 46.4. The summed E-state index contributed by atoms with van der Waals surface area (Å²) in [6.45, 7) is 11.4. The van der Waals surface area contributed by atoms with Gasteiger partial charge in [-0.2, -0.15) is 0 Å². The minimum absolute atomic E-state index is 0.00482. The summed E-state index contributed by atoms with van der Waals surface area (Å²) in [7, 11) is 0. The summed E-state index contributed by atoms with van der Waals surface area (Å²) in [5, 5.41) is 0. The molecule has 4 nitrogen and oxygen atoms in total. The van der Waals surface area contributed by atoms with Crippen LogP contribution in [0.3, 0.4) is 0 Å². The van der Waals surface area contributed by atoms with E-state index in [1.54, 1.807) is 0 Å². The second kappa shape index (κ2) is 6.97. The zero-order valence-corrected chi connectivity index (χ0v) is 17.8. The molecule has 0 aromatic heterocycles. The molecule has 0 aliphatic heterocycles. The fourth-order valence-corrected chi connectivity index (χ4v) is 7.46. The lowest BCUT2D eigenvalue weighted by Crippen LogP contribution is -2.55. The molecule has 4 saturated carbocycles. The van der Waals surface area contributed by atoms with Gasteiger partial charge in [-0.05, 0) is 74.0 Å². The molecule has 0 amide bonds. The van der Waals surface area contributed by atoms with Gasteiger partial charge in [0.25, 0.3) is 0 Å². The first-order chi connectivity index (χ1) is 13.2. The third-order valence-electron chi connectivity index (χ3n) is 9.32. The Balaban J connectivity index is 1.52. The first-order valence-electron chi connectivity index (χ1n) is 11.3. The zero-order chi connectivity index (χ0) is 20.3. The largest absolute Gasteiger partial charge is 0.462 e. The molecule has 0 radical (unpaired) electrons. The molecule has 0 bridgehead atoms. The van der Waals surface area contributed by atoms with Crippen molar-refractivity contribution in [2.24, 2.45) is 46.2 Å². The number of hydrogen-bond donors (Lipinski definition) is 1. The number of rotatable bonds is 3. The lowest BCUT2D eigenvalue weighted by atomic mass is 9.44. The minimum Gasteiger partial charge on any atom is -0.462 e. The molecule has 0 aromatic carbocycles. The smallest absolute Gasteiger partial charge is 0.310 e. The number of esters is 1. The van der Waals surface area contributed by atoms with Crippen LogP contribution in [0, 0.1) is 40.4 Å². The Morgan fingerprint density at radius 3 is 2.71 bits per heavy atom. The second-order valence-corrected chi connectivity index (χ2v) is 10.7. The SMILES string of the molecule is C=C1C[C@@H]2[C@H](CC[C@]3(C)C(=O)CC[C@@H]23)[C@@]2(C)CCC(OC(=O)C(C)CN)C[C@H]12. The van der Waals surface area contributed by atoms with E-state index < -0.39 is 0 Å². The number of allylic oxidation sites excluding steroid dienone is 1. The van der Waals surface area contributed by atoms with Crippen LogP contribution in [0.15, 0.2) is 12.2 Å². The Morgan fingerprint density at radius 2 is 2.00 bits per heavy atom. The van der Waals surface area contributed by atoms with E-state index in [2.05, 4.69) is 20.4 Å². The Kier molecular flexibility index (Phi) is 5.01. The molecule has 4 aliphatic rings. The number of carbonyl (C=O) groups is 2. The molecule has 0 saturated heterocycles. The van der Waals surface area contributed by atoms with Crippen molar-refractivity contribution in [1.82, 2.24) is 0 Å². The van der Waals surface area contributed by atoms with Crippen LogP contribution >= 0.6 is 0 Å². The van der Waals surface area contributed by atoms with Gasteiger partial charge in [0.05, 0.1) is 5.92 Å². The Bertz CT molecular complexity index is 687. The number of hydrogen-bond acceptors (Lipinski definition) is 4. The van der Waals surface area contributed by atoms with Gasteiger partial charge in [0, 0.05) is 18.4 Å². The number of nitrogens with two attached hydrogens (primary N) is 1. The topological polar surface area (TPSA) is 69.4 Å². The second-order valence-electron chi connectivity index (χ2n) is 10.7. The highest BCUT2D eigenvalue weighted by molar-refractivity contribution is 5.87. The lowest BCUT2D eigenvalue weighted by molar-refractivity contribution is -0.161. The molecule has 2 unspecified atom stereocenters.